The van der Waals surface area contributed by atoms with Gasteiger partial charge in [0.1, 0.15) is 5.75 Å². The van der Waals surface area contributed by atoms with E-state index in [0.29, 0.717) is 11.0 Å². The molecule has 1 aromatic carbocycles. The van der Waals surface area contributed by atoms with Crippen LogP contribution >= 0.6 is 0 Å². The number of methoxy groups -OCH3 is 1. The summed E-state index contributed by atoms with van der Waals surface area (Å²) in [6, 6.07) is 7.70. The van der Waals surface area contributed by atoms with Crippen molar-refractivity contribution in [1.29, 1.82) is 0 Å². The highest BCUT2D eigenvalue weighted by atomic mass is 16.5. The van der Waals surface area contributed by atoms with Crippen LogP contribution in [0.15, 0.2) is 24.3 Å². The van der Waals surface area contributed by atoms with E-state index in [9.17, 15) is 4.79 Å². The van der Waals surface area contributed by atoms with Gasteiger partial charge in [-0.05, 0) is 86.8 Å². The van der Waals surface area contributed by atoms with Crippen LogP contribution in [0.3, 0.4) is 0 Å². The molecule has 0 aromatic heterocycles. The topological polar surface area (TPSA) is 38.3 Å². The zero-order valence-corrected chi connectivity index (χ0v) is 14.2. The molecule has 0 radical (unpaired) electrons. The number of rotatable bonds is 4. The van der Waals surface area contributed by atoms with Crippen molar-refractivity contribution in [2.45, 2.75) is 51.5 Å². The van der Waals surface area contributed by atoms with Crippen molar-refractivity contribution in [2.24, 2.45) is 23.2 Å². The number of hydrogen-bond donors (Lipinski definition) is 1. The first-order valence-electron chi connectivity index (χ1n) is 9.03. The van der Waals surface area contributed by atoms with Gasteiger partial charge in [0.05, 0.1) is 7.11 Å². The molecule has 4 bridgehead atoms. The predicted octanol–water partition coefficient (Wildman–Crippen LogP) is 4.03. The first kappa shape index (κ1) is 15.0. The maximum atomic E-state index is 12.6. The summed E-state index contributed by atoms with van der Waals surface area (Å²) in [4.78, 5) is 12.6. The van der Waals surface area contributed by atoms with Crippen LogP contribution in [0.5, 0.6) is 5.75 Å². The molecule has 1 N–H and O–H groups in total. The standard InChI is InChI=1S/C20H27NO2/c1-13(21-19(22)17-4-3-5-18(9-17)23-2)20-10-14-6-15(11-20)8-16(7-14)12-20/h3-5,9,13-16H,6-8,10-12H2,1-2H3,(H,21,22). The molecule has 5 rings (SSSR count). The van der Waals surface area contributed by atoms with E-state index >= 15 is 0 Å². The van der Waals surface area contributed by atoms with Crippen LogP contribution in [0.4, 0.5) is 0 Å². The van der Waals surface area contributed by atoms with E-state index in [1.54, 1.807) is 7.11 Å². The molecule has 0 saturated heterocycles. The van der Waals surface area contributed by atoms with Crippen LogP contribution in [0.25, 0.3) is 0 Å². The van der Waals surface area contributed by atoms with Gasteiger partial charge in [0, 0.05) is 11.6 Å². The van der Waals surface area contributed by atoms with Gasteiger partial charge in [-0.1, -0.05) is 6.07 Å². The van der Waals surface area contributed by atoms with E-state index in [2.05, 4.69) is 12.2 Å². The fourth-order valence-electron chi connectivity index (χ4n) is 5.91. The Morgan fingerprint density at radius 2 is 1.78 bits per heavy atom. The molecule has 1 amide bonds. The van der Waals surface area contributed by atoms with Gasteiger partial charge >= 0.3 is 0 Å². The maximum Gasteiger partial charge on any atom is 0.251 e. The molecule has 1 unspecified atom stereocenters. The number of benzene rings is 1. The van der Waals surface area contributed by atoms with E-state index < -0.39 is 0 Å². The molecule has 1 atom stereocenters. The lowest BCUT2D eigenvalue weighted by Gasteiger charge is -2.59. The highest BCUT2D eigenvalue weighted by molar-refractivity contribution is 5.94. The number of carbonyl (C=O) groups excluding carboxylic acids is 1. The third-order valence-electron chi connectivity index (χ3n) is 6.68. The first-order valence-corrected chi connectivity index (χ1v) is 9.03. The second-order valence-corrected chi connectivity index (χ2v) is 8.21. The number of nitrogens with one attached hydrogen (secondary N) is 1. The summed E-state index contributed by atoms with van der Waals surface area (Å²) in [6.45, 7) is 2.23. The molecule has 124 valence electrons. The van der Waals surface area contributed by atoms with Crippen molar-refractivity contribution in [3.63, 3.8) is 0 Å². The van der Waals surface area contributed by atoms with Gasteiger partial charge in [0.25, 0.3) is 5.91 Å². The third kappa shape index (κ3) is 2.64. The Hall–Kier alpha value is -1.51. The van der Waals surface area contributed by atoms with Gasteiger partial charge in [0.2, 0.25) is 0 Å². The summed E-state index contributed by atoms with van der Waals surface area (Å²) in [6.07, 6.45) is 8.27. The highest BCUT2D eigenvalue weighted by Gasteiger charge is 2.53. The lowest BCUT2D eigenvalue weighted by Crippen LogP contribution is -2.55. The summed E-state index contributed by atoms with van der Waals surface area (Å²) in [5, 5.41) is 3.31. The Bertz CT molecular complexity index is 574. The maximum absolute atomic E-state index is 12.6. The number of carbonyl (C=O) groups is 1. The Morgan fingerprint density at radius 1 is 1.17 bits per heavy atom. The van der Waals surface area contributed by atoms with E-state index in [4.69, 9.17) is 4.74 Å². The van der Waals surface area contributed by atoms with Crippen LogP contribution < -0.4 is 10.1 Å². The number of amides is 1. The second-order valence-electron chi connectivity index (χ2n) is 8.21. The molecular weight excluding hydrogens is 286 g/mol. The molecule has 3 heteroatoms. The van der Waals surface area contributed by atoms with Gasteiger partial charge in [-0.2, -0.15) is 0 Å². The Labute approximate surface area is 138 Å². The second kappa shape index (κ2) is 5.54. The summed E-state index contributed by atoms with van der Waals surface area (Å²) < 4.78 is 5.23. The van der Waals surface area contributed by atoms with Crippen LogP contribution in [-0.2, 0) is 0 Å². The average molecular weight is 313 g/mol. The highest BCUT2D eigenvalue weighted by Crippen LogP contribution is 2.61. The largest absolute Gasteiger partial charge is 0.497 e. The van der Waals surface area contributed by atoms with E-state index in [0.717, 1.165) is 23.5 Å². The summed E-state index contributed by atoms with van der Waals surface area (Å²) in [5.41, 5.74) is 1.05. The molecule has 3 nitrogen and oxygen atoms in total. The van der Waals surface area contributed by atoms with Crippen molar-refractivity contribution in [3.8, 4) is 5.75 Å². The van der Waals surface area contributed by atoms with E-state index in [-0.39, 0.29) is 11.9 Å². The molecule has 4 aliphatic rings. The minimum absolute atomic E-state index is 0.0344. The first-order chi connectivity index (χ1) is 11.1. The van der Waals surface area contributed by atoms with Crippen LogP contribution in [0.2, 0.25) is 0 Å². The van der Waals surface area contributed by atoms with Crippen LogP contribution in [0, 0.1) is 23.2 Å². The SMILES string of the molecule is COc1cccc(C(=O)NC(C)C23CC4CC(CC(C4)C2)C3)c1. The van der Waals surface area contributed by atoms with Crippen molar-refractivity contribution >= 4 is 5.91 Å². The predicted molar refractivity (Wildman–Crippen MR) is 90.5 cm³/mol. The van der Waals surface area contributed by atoms with Gasteiger partial charge in [-0.25, -0.2) is 0 Å². The van der Waals surface area contributed by atoms with Crippen molar-refractivity contribution in [3.05, 3.63) is 29.8 Å². The third-order valence-corrected chi connectivity index (χ3v) is 6.68. The molecule has 0 aliphatic heterocycles. The zero-order chi connectivity index (χ0) is 16.0. The molecule has 23 heavy (non-hydrogen) atoms. The van der Waals surface area contributed by atoms with Gasteiger partial charge in [-0.15, -0.1) is 0 Å². The molecule has 4 saturated carbocycles. The Morgan fingerprint density at radius 3 is 2.35 bits per heavy atom. The lowest BCUT2D eigenvalue weighted by molar-refractivity contribution is -0.0688. The fraction of sp³-hybridized carbons (Fsp3) is 0.650. The van der Waals surface area contributed by atoms with E-state index in [1.807, 2.05) is 24.3 Å². The number of ether oxygens (including phenoxy) is 1. The van der Waals surface area contributed by atoms with Gasteiger partial charge in [0.15, 0.2) is 0 Å². The van der Waals surface area contributed by atoms with Crippen molar-refractivity contribution < 1.29 is 9.53 Å². The minimum Gasteiger partial charge on any atom is -0.497 e. The Kier molecular flexibility index (Phi) is 3.62. The van der Waals surface area contributed by atoms with Crippen molar-refractivity contribution in [2.75, 3.05) is 7.11 Å². The summed E-state index contributed by atoms with van der Waals surface area (Å²) in [5.74, 6) is 3.51. The van der Waals surface area contributed by atoms with E-state index in [1.165, 1.54) is 38.5 Å². The molecule has 0 heterocycles. The molecule has 4 aliphatic carbocycles. The zero-order valence-electron chi connectivity index (χ0n) is 14.2. The van der Waals surface area contributed by atoms with Crippen LogP contribution in [-0.4, -0.2) is 19.1 Å². The molecule has 1 aromatic rings. The van der Waals surface area contributed by atoms with Crippen molar-refractivity contribution in [1.82, 2.24) is 5.32 Å². The average Bonchev–Trinajstić information content (AvgIpc) is 2.53. The monoisotopic (exact) mass is 313 g/mol. The molecule has 0 spiro atoms. The Balaban J connectivity index is 1.49. The number of hydrogen-bond acceptors (Lipinski definition) is 2. The molecular formula is C20H27NO2. The quantitative estimate of drug-likeness (QED) is 0.911. The lowest BCUT2D eigenvalue weighted by atomic mass is 9.48. The minimum atomic E-state index is 0.0344. The van der Waals surface area contributed by atoms with Crippen LogP contribution in [0.1, 0.15) is 55.8 Å². The summed E-state index contributed by atoms with van der Waals surface area (Å²) in [7, 11) is 1.63. The molecule has 4 fully saturated rings. The summed E-state index contributed by atoms with van der Waals surface area (Å²) >= 11 is 0. The van der Waals surface area contributed by atoms with Gasteiger partial charge in [-0.3, -0.25) is 4.79 Å². The normalized spacial score (nSPS) is 35.8. The fourth-order valence-corrected chi connectivity index (χ4v) is 5.91. The van der Waals surface area contributed by atoms with Gasteiger partial charge < -0.3 is 10.1 Å². The smallest absolute Gasteiger partial charge is 0.251 e.